The van der Waals surface area contributed by atoms with Crippen molar-refractivity contribution in [2.45, 2.75) is 52.3 Å². The fraction of sp³-hybridized carbons (Fsp3) is 0.565. The van der Waals surface area contributed by atoms with Crippen molar-refractivity contribution < 1.29 is 4.74 Å². The Balaban J connectivity index is 1.60. The Labute approximate surface area is 184 Å². The fourth-order valence-corrected chi connectivity index (χ4v) is 4.92. The molecule has 0 spiro atoms. The zero-order valence-corrected chi connectivity index (χ0v) is 19.4. The number of hydrogen-bond donors (Lipinski definition) is 2. The highest BCUT2D eigenvalue weighted by Crippen LogP contribution is 2.36. The number of nitrogens with zero attached hydrogens (tertiary/aromatic N) is 3. The van der Waals surface area contributed by atoms with Crippen molar-refractivity contribution in [3.8, 4) is 5.88 Å². The molecule has 0 saturated carbocycles. The third-order valence-corrected chi connectivity index (χ3v) is 6.23. The first-order valence-electron chi connectivity index (χ1n) is 10.9. The van der Waals surface area contributed by atoms with Crippen molar-refractivity contribution in [2.24, 2.45) is 10.9 Å². The summed E-state index contributed by atoms with van der Waals surface area (Å²) >= 11 is 1.86. The van der Waals surface area contributed by atoms with Gasteiger partial charge < -0.3 is 15.4 Å². The number of rotatable bonds is 8. The SMILES string of the molecule is CCNC(=NCc1ccc(OC(C)C)nc1)NCC1CCCN(C)C1c1cccs1. The van der Waals surface area contributed by atoms with Crippen molar-refractivity contribution in [3.05, 3.63) is 46.3 Å². The summed E-state index contributed by atoms with van der Waals surface area (Å²) in [6, 6.07) is 8.84. The highest BCUT2D eigenvalue weighted by atomic mass is 32.1. The number of guanidine groups is 1. The second-order valence-electron chi connectivity index (χ2n) is 8.09. The molecule has 2 N–H and O–H groups in total. The first kappa shape index (κ1) is 22.6. The molecule has 0 aliphatic carbocycles. The Morgan fingerprint density at radius 3 is 2.87 bits per heavy atom. The Hall–Kier alpha value is -2.12. The molecule has 1 fully saturated rings. The number of hydrogen-bond acceptors (Lipinski definition) is 5. The molecular weight excluding hydrogens is 394 g/mol. The van der Waals surface area contributed by atoms with Crippen LogP contribution in [-0.4, -0.2) is 48.6 Å². The van der Waals surface area contributed by atoms with Gasteiger partial charge in [-0.2, -0.15) is 0 Å². The summed E-state index contributed by atoms with van der Waals surface area (Å²) in [5.41, 5.74) is 1.07. The Bertz CT molecular complexity index is 775. The number of ether oxygens (including phenoxy) is 1. The minimum absolute atomic E-state index is 0.128. The average molecular weight is 430 g/mol. The van der Waals surface area contributed by atoms with Gasteiger partial charge in [0.05, 0.1) is 12.6 Å². The number of aromatic nitrogens is 1. The van der Waals surface area contributed by atoms with Crippen LogP contribution in [0, 0.1) is 5.92 Å². The van der Waals surface area contributed by atoms with E-state index >= 15 is 0 Å². The number of piperidine rings is 1. The molecule has 3 rings (SSSR count). The normalized spacial score (nSPS) is 20.4. The van der Waals surface area contributed by atoms with E-state index in [0.29, 0.717) is 24.4 Å². The third kappa shape index (κ3) is 6.44. The van der Waals surface area contributed by atoms with E-state index in [1.807, 2.05) is 43.5 Å². The smallest absolute Gasteiger partial charge is 0.213 e. The van der Waals surface area contributed by atoms with E-state index in [1.54, 1.807) is 0 Å². The summed E-state index contributed by atoms with van der Waals surface area (Å²) in [5, 5.41) is 9.14. The predicted molar refractivity (Wildman–Crippen MR) is 125 cm³/mol. The van der Waals surface area contributed by atoms with E-state index in [4.69, 9.17) is 9.73 Å². The summed E-state index contributed by atoms with van der Waals surface area (Å²) in [6.07, 6.45) is 4.45. The van der Waals surface area contributed by atoms with E-state index < -0.39 is 0 Å². The summed E-state index contributed by atoms with van der Waals surface area (Å²) < 4.78 is 5.61. The monoisotopic (exact) mass is 429 g/mol. The van der Waals surface area contributed by atoms with Gasteiger partial charge in [-0.15, -0.1) is 11.3 Å². The Morgan fingerprint density at radius 2 is 2.20 bits per heavy atom. The molecule has 1 aliphatic rings. The first-order valence-corrected chi connectivity index (χ1v) is 11.8. The lowest BCUT2D eigenvalue weighted by Gasteiger charge is -2.39. The van der Waals surface area contributed by atoms with Gasteiger partial charge in [-0.25, -0.2) is 9.98 Å². The van der Waals surface area contributed by atoms with E-state index in [9.17, 15) is 0 Å². The largest absolute Gasteiger partial charge is 0.475 e. The van der Waals surface area contributed by atoms with Crippen LogP contribution in [0.15, 0.2) is 40.8 Å². The van der Waals surface area contributed by atoms with Crippen LogP contribution in [-0.2, 0) is 6.54 Å². The topological polar surface area (TPSA) is 61.8 Å². The van der Waals surface area contributed by atoms with Gasteiger partial charge in [0.1, 0.15) is 0 Å². The predicted octanol–water partition coefficient (Wildman–Crippen LogP) is 4.07. The summed E-state index contributed by atoms with van der Waals surface area (Å²) in [6.45, 7) is 9.60. The fourth-order valence-electron chi connectivity index (χ4n) is 3.94. The molecule has 2 atom stereocenters. The van der Waals surface area contributed by atoms with Gasteiger partial charge in [0.25, 0.3) is 0 Å². The molecule has 1 saturated heterocycles. The van der Waals surface area contributed by atoms with Crippen LogP contribution in [0.5, 0.6) is 5.88 Å². The van der Waals surface area contributed by atoms with E-state index in [1.165, 1.54) is 17.7 Å². The van der Waals surface area contributed by atoms with Crippen molar-refractivity contribution in [1.29, 1.82) is 0 Å². The number of nitrogens with one attached hydrogen (secondary N) is 2. The van der Waals surface area contributed by atoms with Gasteiger partial charge in [0, 0.05) is 36.3 Å². The minimum atomic E-state index is 0.128. The van der Waals surface area contributed by atoms with Gasteiger partial charge in [-0.3, -0.25) is 4.90 Å². The summed E-state index contributed by atoms with van der Waals surface area (Å²) in [5.74, 6) is 2.09. The maximum atomic E-state index is 5.61. The second kappa shape index (κ2) is 11.3. The number of thiophene rings is 1. The van der Waals surface area contributed by atoms with Crippen molar-refractivity contribution in [3.63, 3.8) is 0 Å². The van der Waals surface area contributed by atoms with Crippen LogP contribution in [0.3, 0.4) is 0 Å². The molecule has 0 bridgehead atoms. The molecule has 2 aromatic heterocycles. The second-order valence-corrected chi connectivity index (χ2v) is 9.07. The van der Waals surface area contributed by atoms with Crippen molar-refractivity contribution in [1.82, 2.24) is 20.5 Å². The molecular formula is C23H35N5OS. The molecule has 0 radical (unpaired) electrons. The molecule has 0 amide bonds. The zero-order chi connectivity index (χ0) is 21.3. The van der Waals surface area contributed by atoms with Crippen LogP contribution in [0.2, 0.25) is 0 Å². The summed E-state index contributed by atoms with van der Waals surface area (Å²) in [4.78, 5) is 13.1. The van der Waals surface area contributed by atoms with Gasteiger partial charge in [-0.1, -0.05) is 12.1 Å². The molecule has 6 nitrogen and oxygen atoms in total. The quantitative estimate of drug-likeness (QED) is 0.489. The van der Waals surface area contributed by atoms with E-state index in [-0.39, 0.29) is 6.10 Å². The molecule has 30 heavy (non-hydrogen) atoms. The van der Waals surface area contributed by atoms with Gasteiger partial charge in [0.15, 0.2) is 5.96 Å². The van der Waals surface area contributed by atoms with Crippen LogP contribution in [0.1, 0.15) is 50.1 Å². The maximum absolute atomic E-state index is 5.61. The van der Waals surface area contributed by atoms with Crippen LogP contribution in [0.25, 0.3) is 0 Å². The number of likely N-dealkylation sites (tertiary alicyclic amines) is 1. The molecule has 164 valence electrons. The molecule has 7 heteroatoms. The highest BCUT2D eigenvalue weighted by molar-refractivity contribution is 7.10. The molecule has 3 heterocycles. The van der Waals surface area contributed by atoms with E-state index in [0.717, 1.165) is 31.2 Å². The first-order chi connectivity index (χ1) is 14.6. The van der Waals surface area contributed by atoms with Crippen molar-refractivity contribution in [2.75, 3.05) is 26.7 Å². The molecule has 2 aromatic rings. The molecule has 2 unspecified atom stereocenters. The number of aliphatic imine (C=N–C) groups is 1. The minimum Gasteiger partial charge on any atom is -0.475 e. The summed E-state index contributed by atoms with van der Waals surface area (Å²) in [7, 11) is 2.25. The van der Waals surface area contributed by atoms with Gasteiger partial charge in [0.2, 0.25) is 5.88 Å². The molecule has 0 aromatic carbocycles. The zero-order valence-electron chi connectivity index (χ0n) is 18.6. The van der Waals surface area contributed by atoms with Gasteiger partial charge in [-0.05, 0) is 70.1 Å². The van der Waals surface area contributed by atoms with Crippen molar-refractivity contribution >= 4 is 17.3 Å². The van der Waals surface area contributed by atoms with Crippen LogP contribution < -0.4 is 15.4 Å². The maximum Gasteiger partial charge on any atom is 0.213 e. The Morgan fingerprint density at radius 1 is 1.33 bits per heavy atom. The standard InChI is InChI=1S/C23H35N5OS/c1-5-24-23(26-15-18-10-11-21(25-14-18)29-17(2)3)27-16-19-8-6-12-28(4)22(19)20-9-7-13-30-20/h7,9-11,13-14,17,19,22H,5-6,8,12,15-16H2,1-4H3,(H2,24,26,27). The lowest BCUT2D eigenvalue weighted by Crippen LogP contribution is -2.44. The molecule has 1 aliphatic heterocycles. The van der Waals surface area contributed by atoms with E-state index in [2.05, 4.69) is 52.0 Å². The lowest BCUT2D eigenvalue weighted by atomic mass is 9.88. The third-order valence-electron chi connectivity index (χ3n) is 5.29. The van der Waals surface area contributed by atoms with Crippen LogP contribution >= 0.6 is 11.3 Å². The average Bonchev–Trinajstić information content (AvgIpc) is 3.25. The highest BCUT2D eigenvalue weighted by Gasteiger charge is 2.31. The Kier molecular flexibility index (Phi) is 8.51. The lowest BCUT2D eigenvalue weighted by molar-refractivity contribution is 0.125. The van der Waals surface area contributed by atoms with Gasteiger partial charge >= 0.3 is 0 Å². The number of pyridine rings is 1. The van der Waals surface area contributed by atoms with Crippen LogP contribution in [0.4, 0.5) is 0 Å².